The maximum atomic E-state index is 9.73. The van der Waals surface area contributed by atoms with E-state index >= 15 is 0 Å². The Labute approximate surface area is 102 Å². The lowest BCUT2D eigenvalue weighted by Gasteiger charge is -2.08. The lowest BCUT2D eigenvalue weighted by molar-refractivity contribution is 0.403. The fraction of sp³-hybridized carbons (Fsp3) is 0.0909. The summed E-state index contributed by atoms with van der Waals surface area (Å²) < 4.78 is 5.65. The molecule has 0 aliphatic carbocycles. The molecule has 0 spiro atoms. The second kappa shape index (κ2) is 3.84. The van der Waals surface area contributed by atoms with Crippen LogP contribution in [0.25, 0.3) is 11.0 Å². The van der Waals surface area contributed by atoms with Crippen LogP contribution in [-0.4, -0.2) is 15.1 Å². The lowest BCUT2D eigenvalue weighted by Crippen LogP contribution is -1.93. The van der Waals surface area contributed by atoms with Crippen LogP contribution in [0.3, 0.4) is 0 Å². The average molecular weight is 252 g/mol. The molecule has 16 heavy (non-hydrogen) atoms. The zero-order chi connectivity index (χ0) is 11.9. The first-order valence-corrected chi connectivity index (χ1v) is 5.32. The Morgan fingerprint density at radius 1 is 1.31 bits per heavy atom. The van der Waals surface area contributed by atoms with E-state index in [9.17, 15) is 10.2 Å². The smallest absolute Gasteiger partial charge is 0.190 e. The third kappa shape index (κ3) is 1.68. The number of hydrogen-bond acceptors (Lipinski definition) is 5. The Morgan fingerprint density at radius 2 is 2.00 bits per heavy atom. The minimum atomic E-state index is -0.274. The van der Waals surface area contributed by atoms with E-state index in [-0.39, 0.29) is 11.5 Å². The fourth-order valence-corrected chi connectivity index (χ4v) is 1.85. The molecule has 5 heteroatoms. The van der Waals surface area contributed by atoms with Crippen LogP contribution in [0.1, 0.15) is 12.5 Å². The van der Waals surface area contributed by atoms with Gasteiger partial charge in [-0.25, -0.2) is 0 Å². The molecule has 0 fully saturated rings. The maximum Gasteiger partial charge on any atom is 0.190 e. The minimum absolute atomic E-state index is 0.223. The first kappa shape index (κ1) is 11.0. The Morgan fingerprint density at radius 3 is 2.62 bits per heavy atom. The molecule has 2 aromatic rings. The monoisotopic (exact) mass is 252 g/mol. The summed E-state index contributed by atoms with van der Waals surface area (Å²) in [6.45, 7) is 1.65. The van der Waals surface area contributed by atoms with Gasteiger partial charge in [0.25, 0.3) is 0 Å². The largest absolute Gasteiger partial charge is 0.504 e. The lowest BCUT2D eigenvalue weighted by atomic mass is 10.1. The molecule has 0 bridgehead atoms. The molecule has 0 atom stereocenters. The molecule has 3 nitrogen and oxygen atoms in total. The van der Waals surface area contributed by atoms with E-state index in [0.717, 1.165) is 0 Å². The molecule has 0 saturated heterocycles. The van der Waals surface area contributed by atoms with Gasteiger partial charge in [0.15, 0.2) is 16.2 Å². The van der Waals surface area contributed by atoms with E-state index in [2.05, 4.69) is 0 Å². The van der Waals surface area contributed by atoms with E-state index in [4.69, 9.17) is 28.9 Å². The molecular weight excluding hydrogens is 244 g/mol. The highest BCUT2D eigenvalue weighted by molar-refractivity contribution is 7.80. The van der Waals surface area contributed by atoms with Crippen molar-refractivity contribution in [2.75, 3.05) is 0 Å². The van der Waals surface area contributed by atoms with Gasteiger partial charge in [-0.15, -0.1) is 0 Å². The van der Waals surface area contributed by atoms with E-state index in [0.29, 0.717) is 26.1 Å². The number of rotatable bonds is 1. The molecule has 0 unspecified atom stereocenters. The van der Waals surface area contributed by atoms with Gasteiger partial charge >= 0.3 is 0 Å². The molecule has 0 amide bonds. The molecule has 1 aromatic carbocycles. The standard InChI is InChI=1S/C11H8O3S2/c1-5(15)9-10(13)7(12)4-6-2-3-8(16)14-11(6)9/h2-4,12-13H,1H3. The average Bonchev–Trinajstić information content (AvgIpc) is 2.20. The molecular formula is C11H8O3S2. The summed E-state index contributed by atoms with van der Waals surface area (Å²) in [5.74, 6) is -0.497. The van der Waals surface area contributed by atoms with Crippen molar-refractivity contribution in [1.29, 1.82) is 0 Å². The minimum Gasteiger partial charge on any atom is -0.504 e. The van der Waals surface area contributed by atoms with Crippen molar-refractivity contribution in [2.24, 2.45) is 0 Å². The summed E-state index contributed by atoms with van der Waals surface area (Å²) in [7, 11) is 0. The van der Waals surface area contributed by atoms with Gasteiger partial charge in [-0.05, 0) is 37.3 Å². The summed E-state index contributed by atoms with van der Waals surface area (Å²) in [5.41, 5.74) is 0.715. The van der Waals surface area contributed by atoms with Crippen LogP contribution in [0.2, 0.25) is 0 Å². The molecule has 0 radical (unpaired) electrons. The second-order valence-corrected chi connectivity index (χ2v) is 4.36. The molecule has 1 aromatic heterocycles. The summed E-state index contributed by atoms with van der Waals surface area (Å²) in [6.07, 6.45) is 0. The van der Waals surface area contributed by atoms with Crippen LogP contribution < -0.4 is 0 Å². The van der Waals surface area contributed by atoms with Crippen molar-refractivity contribution < 1.29 is 14.6 Å². The molecule has 0 aliphatic heterocycles. The van der Waals surface area contributed by atoms with Crippen molar-refractivity contribution in [3.8, 4) is 11.5 Å². The molecule has 2 rings (SSSR count). The Bertz CT molecular complexity index is 643. The highest BCUT2D eigenvalue weighted by atomic mass is 32.1. The number of phenols is 2. The van der Waals surface area contributed by atoms with Crippen LogP contribution in [0.15, 0.2) is 22.6 Å². The molecule has 0 saturated carbocycles. The quantitative estimate of drug-likeness (QED) is 0.463. The van der Waals surface area contributed by atoms with Crippen LogP contribution in [0, 0.1) is 4.71 Å². The van der Waals surface area contributed by atoms with Crippen molar-refractivity contribution in [1.82, 2.24) is 0 Å². The van der Waals surface area contributed by atoms with Crippen LogP contribution in [0.4, 0.5) is 0 Å². The zero-order valence-corrected chi connectivity index (χ0v) is 9.98. The van der Waals surface area contributed by atoms with Crippen LogP contribution in [0.5, 0.6) is 11.5 Å². The normalized spacial score (nSPS) is 10.6. The highest BCUT2D eigenvalue weighted by Gasteiger charge is 2.15. The molecule has 2 N–H and O–H groups in total. The van der Waals surface area contributed by atoms with Crippen molar-refractivity contribution in [3.05, 3.63) is 28.5 Å². The second-order valence-electron chi connectivity index (χ2n) is 3.35. The predicted octanol–water partition coefficient (Wildman–Crippen LogP) is 3.31. The predicted molar refractivity (Wildman–Crippen MR) is 67.8 cm³/mol. The van der Waals surface area contributed by atoms with Crippen molar-refractivity contribution in [2.45, 2.75) is 6.92 Å². The third-order valence-electron chi connectivity index (χ3n) is 2.21. The van der Waals surface area contributed by atoms with Gasteiger partial charge in [0.1, 0.15) is 5.58 Å². The van der Waals surface area contributed by atoms with E-state index in [1.807, 2.05) is 0 Å². The summed E-state index contributed by atoms with van der Waals surface area (Å²) in [4.78, 5) is 0.433. The maximum absolute atomic E-state index is 9.73. The van der Waals surface area contributed by atoms with E-state index < -0.39 is 0 Å². The number of aromatic hydroxyl groups is 2. The Balaban J connectivity index is 3.02. The van der Waals surface area contributed by atoms with Gasteiger partial charge in [0.05, 0.1) is 5.56 Å². The zero-order valence-electron chi connectivity index (χ0n) is 8.35. The van der Waals surface area contributed by atoms with Gasteiger partial charge in [-0.3, -0.25) is 0 Å². The van der Waals surface area contributed by atoms with Crippen LogP contribution >= 0.6 is 24.4 Å². The number of hydrogen-bond donors (Lipinski definition) is 2. The molecule has 1 heterocycles. The Hall–Kier alpha value is -1.46. The first-order chi connectivity index (χ1) is 7.50. The third-order valence-corrected chi connectivity index (χ3v) is 2.64. The summed E-state index contributed by atoms with van der Waals surface area (Å²) >= 11 is 9.92. The van der Waals surface area contributed by atoms with Crippen LogP contribution in [-0.2, 0) is 0 Å². The van der Waals surface area contributed by atoms with Gasteiger partial charge in [0.2, 0.25) is 0 Å². The van der Waals surface area contributed by atoms with Gasteiger partial charge < -0.3 is 14.6 Å². The van der Waals surface area contributed by atoms with E-state index in [1.165, 1.54) is 6.07 Å². The van der Waals surface area contributed by atoms with Gasteiger partial charge in [-0.1, -0.05) is 12.2 Å². The number of phenolic OH excluding ortho intramolecular Hbond substituents is 2. The number of thiocarbonyl (C=S) groups is 1. The van der Waals surface area contributed by atoms with Crippen molar-refractivity contribution in [3.63, 3.8) is 0 Å². The fourth-order valence-electron chi connectivity index (χ4n) is 1.51. The first-order valence-electron chi connectivity index (χ1n) is 4.50. The SMILES string of the molecule is CC(=S)c1c(O)c(O)cc2ccc(=S)oc12. The highest BCUT2D eigenvalue weighted by Crippen LogP contribution is 2.36. The molecule has 0 aliphatic rings. The number of benzene rings is 1. The summed E-state index contributed by atoms with van der Waals surface area (Å²) in [5, 5.41) is 19.9. The molecule has 82 valence electrons. The Kier molecular flexibility index (Phi) is 2.65. The van der Waals surface area contributed by atoms with Crippen molar-refractivity contribution >= 4 is 40.3 Å². The van der Waals surface area contributed by atoms with Gasteiger partial charge in [-0.2, -0.15) is 0 Å². The summed E-state index contributed by atoms with van der Waals surface area (Å²) in [6, 6.07) is 4.73. The van der Waals surface area contributed by atoms with E-state index in [1.54, 1.807) is 19.1 Å². The number of fused-ring (bicyclic) bond motifs is 1. The topological polar surface area (TPSA) is 53.6 Å². The van der Waals surface area contributed by atoms with Gasteiger partial charge in [0, 0.05) is 10.3 Å².